The number of non-ortho nitro benzene ring substituents is 1. The Morgan fingerprint density at radius 2 is 2.12 bits per heavy atom. The number of hydrogen-bond acceptors (Lipinski definition) is 6. The van der Waals surface area contributed by atoms with Crippen LogP contribution in [0.3, 0.4) is 0 Å². The number of nitrogens with zero attached hydrogens (tertiary/aromatic N) is 1. The molecular weight excluding hydrogens is 228 g/mol. The fraction of sp³-hybridized carbons (Fsp3) is 0.400. The topological polar surface area (TPSA) is 119 Å². The minimum atomic E-state index is -0.951. The van der Waals surface area contributed by atoms with Crippen LogP contribution in [0.5, 0.6) is 11.5 Å². The van der Waals surface area contributed by atoms with Crippen molar-refractivity contribution in [3.63, 3.8) is 0 Å². The van der Waals surface area contributed by atoms with Gasteiger partial charge in [0.05, 0.1) is 30.2 Å². The quantitative estimate of drug-likeness (QED) is 0.528. The van der Waals surface area contributed by atoms with E-state index in [1.807, 2.05) is 0 Å². The van der Waals surface area contributed by atoms with Crippen LogP contribution in [0.4, 0.5) is 5.69 Å². The summed E-state index contributed by atoms with van der Waals surface area (Å²) >= 11 is 0. The third-order valence-corrected chi connectivity index (χ3v) is 2.40. The summed E-state index contributed by atoms with van der Waals surface area (Å²) in [5.41, 5.74) is 5.46. The molecule has 0 radical (unpaired) electrons. The molecule has 0 heterocycles. The standard InChI is InChI=1S/C10H14N2O5/c1-5(13)9(11)7-3-6(12(15)16)4-8(17-2)10(7)14/h3-5,9,13-14H,11H2,1-2H3/t5-,9-/m1/s1. The molecule has 1 rings (SSSR count). The third-order valence-electron chi connectivity index (χ3n) is 2.40. The van der Waals surface area contributed by atoms with Crippen LogP contribution < -0.4 is 10.5 Å². The Balaban J connectivity index is 3.37. The number of hydrogen-bond donors (Lipinski definition) is 3. The number of aromatic hydroxyl groups is 1. The van der Waals surface area contributed by atoms with Gasteiger partial charge in [0.1, 0.15) is 0 Å². The molecule has 0 fully saturated rings. The van der Waals surface area contributed by atoms with Gasteiger partial charge >= 0.3 is 0 Å². The van der Waals surface area contributed by atoms with Crippen molar-refractivity contribution in [1.29, 1.82) is 0 Å². The van der Waals surface area contributed by atoms with E-state index in [-0.39, 0.29) is 22.7 Å². The van der Waals surface area contributed by atoms with Gasteiger partial charge in [0, 0.05) is 11.6 Å². The fourth-order valence-corrected chi connectivity index (χ4v) is 1.39. The summed E-state index contributed by atoms with van der Waals surface area (Å²) in [7, 11) is 1.27. The molecule has 0 saturated heterocycles. The Kier molecular flexibility index (Phi) is 3.87. The maximum absolute atomic E-state index is 10.7. The molecule has 2 atom stereocenters. The average Bonchev–Trinajstić information content (AvgIpc) is 2.27. The summed E-state index contributed by atoms with van der Waals surface area (Å²) in [6.07, 6.45) is -0.951. The Morgan fingerprint density at radius 1 is 1.53 bits per heavy atom. The van der Waals surface area contributed by atoms with Crippen LogP contribution in [0.2, 0.25) is 0 Å². The number of nitro benzene ring substituents is 1. The van der Waals surface area contributed by atoms with Crippen molar-refractivity contribution >= 4 is 5.69 Å². The van der Waals surface area contributed by atoms with Crippen LogP contribution in [0, 0.1) is 10.1 Å². The Morgan fingerprint density at radius 3 is 2.53 bits per heavy atom. The maximum atomic E-state index is 10.7. The first-order valence-corrected chi connectivity index (χ1v) is 4.87. The molecule has 0 aliphatic heterocycles. The molecule has 0 spiro atoms. The molecule has 1 aromatic carbocycles. The van der Waals surface area contributed by atoms with Gasteiger partial charge in [-0.2, -0.15) is 0 Å². The van der Waals surface area contributed by atoms with Crippen molar-refractivity contribution in [2.45, 2.75) is 19.1 Å². The minimum Gasteiger partial charge on any atom is -0.504 e. The molecule has 0 unspecified atom stereocenters. The van der Waals surface area contributed by atoms with Gasteiger partial charge in [0.2, 0.25) is 0 Å². The lowest BCUT2D eigenvalue weighted by Gasteiger charge is -2.17. The smallest absolute Gasteiger partial charge is 0.273 e. The van der Waals surface area contributed by atoms with E-state index >= 15 is 0 Å². The van der Waals surface area contributed by atoms with Crippen LogP contribution in [-0.4, -0.2) is 28.4 Å². The molecule has 0 bridgehead atoms. The van der Waals surface area contributed by atoms with E-state index in [9.17, 15) is 20.3 Å². The number of aliphatic hydroxyl groups excluding tert-OH is 1. The number of rotatable bonds is 4. The highest BCUT2D eigenvalue weighted by Crippen LogP contribution is 2.37. The normalized spacial score (nSPS) is 14.1. The number of phenolic OH excluding ortho intramolecular Hbond substituents is 1. The number of nitro groups is 1. The van der Waals surface area contributed by atoms with Crippen LogP contribution in [0.15, 0.2) is 12.1 Å². The second kappa shape index (κ2) is 4.98. The van der Waals surface area contributed by atoms with Crippen LogP contribution in [0.25, 0.3) is 0 Å². The maximum Gasteiger partial charge on any atom is 0.273 e. The number of phenols is 1. The van der Waals surface area contributed by atoms with Gasteiger partial charge in [-0.15, -0.1) is 0 Å². The zero-order valence-corrected chi connectivity index (χ0v) is 9.45. The molecule has 4 N–H and O–H groups in total. The monoisotopic (exact) mass is 242 g/mol. The third kappa shape index (κ3) is 2.63. The summed E-state index contributed by atoms with van der Waals surface area (Å²) in [4.78, 5) is 10.1. The lowest BCUT2D eigenvalue weighted by Crippen LogP contribution is -2.23. The van der Waals surface area contributed by atoms with E-state index in [0.29, 0.717) is 0 Å². The van der Waals surface area contributed by atoms with E-state index in [1.54, 1.807) is 0 Å². The summed E-state index contributed by atoms with van der Waals surface area (Å²) < 4.78 is 4.81. The van der Waals surface area contributed by atoms with Gasteiger partial charge in [-0.05, 0) is 6.92 Å². The zero-order chi connectivity index (χ0) is 13.2. The second-order valence-electron chi connectivity index (χ2n) is 3.61. The predicted molar refractivity (Wildman–Crippen MR) is 59.9 cm³/mol. The molecular formula is C10H14N2O5. The molecule has 0 saturated carbocycles. The van der Waals surface area contributed by atoms with Crippen molar-refractivity contribution < 1.29 is 19.9 Å². The van der Waals surface area contributed by atoms with Crippen LogP contribution in [0.1, 0.15) is 18.5 Å². The minimum absolute atomic E-state index is 0.0506. The van der Waals surface area contributed by atoms with Gasteiger partial charge in [-0.3, -0.25) is 10.1 Å². The predicted octanol–water partition coefficient (Wildman–Crippen LogP) is 0.690. The number of nitrogens with two attached hydrogens (primary N) is 1. The number of benzene rings is 1. The van der Waals surface area contributed by atoms with Crippen LogP contribution >= 0.6 is 0 Å². The molecule has 7 heteroatoms. The first kappa shape index (κ1) is 13.2. The molecule has 0 amide bonds. The lowest BCUT2D eigenvalue weighted by atomic mass is 10.0. The summed E-state index contributed by atoms with van der Waals surface area (Å²) in [5.74, 6) is -0.350. The summed E-state index contributed by atoms with van der Waals surface area (Å²) in [5, 5.41) is 29.8. The SMILES string of the molecule is COc1cc([N+](=O)[O-])cc([C@H](N)[C@@H](C)O)c1O. The first-order valence-electron chi connectivity index (χ1n) is 4.87. The van der Waals surface area contributed by atoms with Crippen molar-refractivity contribution in [3.8, 4) is 11.5 Å². The Labute approximate surface area is 97.6 Å². The van der Waals surface area contributed by atoms with Gasteiger partial charge in [-0.25, -0.2) is 0 Å². The number of methoxy groups -OCH3 is 1. The lowest BCUT2D eigenvalue weighted by molar-refractivity contribution is -0.385. The zero-order valence-electron chi connectivity index (χ0n) is 9.45. The van der Waals surface area contributed by atoms with Gasteiger partial charge < -0.3 is 20.7 Å². The summed E-state index contributed by atoms with van der Waals surface area (Å²) in [6.45, 7) is 1.43. The van der Waals surface area contributed by atoms with Crippen molar-refractivity contribution in [2.75, 3.05) is 7.11 Å². The highest BCUT2D eigenvalue weighted by atomic mass is 16.6. The van der Waals surface area contributed by atoms with Gasteiger partial charge in [-0.1, -0.05) is 0 Å². The highest BCUT2D eigenvalue weighted by molar-refractivity contribution is 5.54. The van der Waals surface area contributed by atoms with E-state index < -0.39 is 17.1 Å². The first-order chi connectivity index (χ1) is 7.88. The van der Waals surface area contributed by atoms with Crippen molar-refractivity contribution in [3.05, 3.63) is 27.8 Å². The van der Waals surface area contributed by atoms with Crippen molar-refractivity contribution in [1.82, 2.24) is 0 Å². The Bertz CT molecular complexity index is 433. The molecule has 0 aromatic heterocycles. The van der Waals surface area contributed by atoms with Crippen LogP contribution in [-0.2, 0) is 0 Å². The molecule has 0 aliphatic rings. The Hall–Kier alpha value is -1.86. The van der Waals surface area contributed by atoms with Gasteiger partial charge in [0.15, 0.2) is 11.5 Å². The molecule has 7 nitrogen and oxygen atoms in total. The largest absolute Gasteiger partial charge is 0.504 e. The second-order valence-corrected chi connectivity index (χ2v) is 3.61. The fourth-order valence-electron chi connectivity index (χ4n) is 1.39. The van der Waals surface area contributed by atoms with Crippen molar-refractivity contribution in [2.24, 2.45) is 5.73 Å². The molecule has 1 aromatic rings. The number of aliphatic hydroxyl groups is 1. The molecule has 0 aliphatic carbocycles. The molecule has 17 heavy (non-hydrogen) atoms. The number of ether oxygens (including phenoxy) is 1. The van der Waals surface area contributed by atoms with Gasteiger partial charge in [0.25, 0.3) is 5.69 Å². The highest BCUT2D eigenvalue weighted by Gasteiger charge is 2.23. The summed E-state index contributed by atoms with van der Waals surface area (Å²) in [6, 6.07) is 1.28. The molecule has 94 valence electrons. The van der Waals surface area contributed by atoms with E-state index in [0.717, 1.165) is 12.1 Å². The van der Waals surface area contributed by atoms with E-state index in [2.05, 4.69) is 0 Å². The van der Waals surface area contributed by atoms with E-state index in [1.165, 1.54) is 14.0 Å². The van der Waals surface area contributed by atoms with E-state index in [4.69, 9.17) is 10.5 Å². The average molecular weight is 242 g/mol.